The minimum Gasteiger partial charge on any atom is -0.492 e. The smallest absolute Gasteiger partial charge is 0.339 e. The largest absolute Gasteiger partial charge is 0.492 e. The van der Waals surface area contributed by atoms with Gasteiger partial charge in [-0.1, -0.05) is 12.1 Å². The predicted molar refractivity (Wildman–Crippen MR) is 109 cm³/mol. The van der Waals surface area contributed by atoms with Gasteiger partial charge in [0.05, 0.1) is 6.54 Å². The number of hydrogen-bond donors (Lipinski definition) is 2. The topological polar surface area (TPSA) is 118 Å². The maximum atomic E-state index is 12.7. The molecule has 0 spiro atoms. The molecule has 0 unspecified atom stereocenters. The van der Waals surface area contributed by atoms with Crippen LogP contribution in [0.2, 0.25) is 0 Å². The number of nitrogens with zero attached hydrogens (tertiary/aromatic N) is 2. The molecule has 3 N–H and O–H groups in total. The number of rotatable bonds is 8. The molecule has 0 aliphatic heterocycles. The third-order valence-corrected chi connectivity index (χ3v) is 5.25. The minimum absolute atomic E-state index is 0.130. The molecule has 0 aliphatic rings. The van der Waals surface area contributed by atoms with E-state index in [1.807, 2.05) is 13.0 Å². The number of ether oxygens (including phenoxy) is 1. The van der Waals surface area contributed by atoms with Crippen molar-refractivity contribution in [3.8, 4) is 11.5 Å². The summed E-state index contributed by atoms with van der Waals surface area (Å²) in [6, 6.07) is 10.0. The predicted octanol–water partition coefficient (Wildman–Crippen LogP) is 2.57. The van der Waals surface area contributed by atoms with Crippen LogP contribution in [0.15, 0.2) is 46.4 Å². The van der Waals surface area contributed by atoms with Crippen LogP contribution in [0.25, 0.3) is 0 Å². The Morgan fingerprint density at radius 3 is 2.46 bits per heavy atom. The fourth-order valence-electron chi connectivity index (χ4n) is 2.51. The van der Waals surface area contributed by atoms with Crippen LogP contribution in [-0.4, -0.2) is 39.3 Å². The van der Waals surface area contributed by atoms with Crippen LogP contribution in [0, 0.1) is 26.2 Å². The van der Waals surface area contributed by atoms with Crippen LogP contribution >= 0.6 is 0 Å². The summed E-state index contributed by atoms with van der Waals surface area (Å²) in [5, 5.41) is 12.1. The van der Waals surface area contributed by atoms with Crippen LogP contribution in [0.4, 0.5) is 0 Å². The standard InChI is InChI=1S/C19H24N4O4S/c1-13-5-6-15(3)18(11-13)28(24,25)27-17-10-14(2)9-16(12-17)26-8-7-23(22-4)19(20)21/h5-6,9-12H,4,7-8H2,1-3H3,(H3,20,21). The Bertz CT molecular complexity index is 989. The van der Waals surface area contributed by atoms with Gasteiger partial charge >= 0.3 is 10.1 Å². The van der Waals surface area contributed by atoms with E-state index in [2.05, 4.69) is 11.8 Å². The number of hydrogen-bond acceptors (Lipinski definition) is 6. The van der Waals surface area contributed by atoms with Gasteiger partial charge in [0.2, 0.25) is 5.96 Å². The van der Waals surface area contributed by atoms with Crippen molar-refractivity contribution in [3.05, 3.63) is 53.1 Å². The molecule has 0 bridgehead atoms. The van der Waals surface area contributed by atoms with Gasteiger partial charge in [0, 0.05) is 12.8 Å². The lowest BCUT2D eigenvalue weighted by atomic mass is 10.2. The van der Waals surface area contributed by atoms with Crippen LogP contribution in [0.5, 0.6) is 11.5 Å². The molecular formula is C19H24N4O4S. The van der Waals surface area contributed by atoms with E-state index in [0.717, 1.165) is 11.1 Å². The van der Waals surface area contributed by atoms with Gasteiger partial charge < -0.3 is 14.7 Å². The summed E-state index contributed by atoms with van der Waals surface area (Å²) < 4.78 is 36.3. The second-order valence-electron chi connectivity index (χ2n) is 6.29. The molecule has 2 aromatic carbocycles. The molecule has 2 rings (SSSR count). The summed E-state index contributed by atoms with van der Waals surface area (Å²) in [4.78, 5) is 0.130. The number of benzene rings is 2. The van der Waals surface area contributed by atoms with Gasteiger partial charge in [0.15, 0.2) is 0 Å². The summed E-state index contributed by atoms with van der Waals surface area (Å²) in [5.74, 6) is 0.339. The zero-order valence-electron chi connectivity index (χ0n) is 16.1. The number of nitrogens with two attached hydrogens (primary N) is 1. The molecule has 0 atom stereocenters. The Morgan fingerprint density at radius 2 is 1.82 bits per heavy atom. The maximum absolute atomic E-state index is 12.7. The van der Waals surface area contributed by atoms with Crippen LogP contribution in [0.3, 0.4) is 0 Å². The molecule has 0 heterocycles. The average Bonchev–Trinajstić information content (AvgIpc) is 2.59. The SMILES string of the molecule is C=NN(CCOc1cc(C)cc(OS(=O)(=O)c2cc(C)ccc2C)c1)C(=N)N. The summed E-state index contributed by atoms with van der Waals surface area (Å²) in [6.07, 6.45) is 0. The highest BCUT2D eigenvalue weighted by Crippen LogP contribution is 2.27. The lowest BCUT2D eigenvalue weighted by Gasteiger charge is -2.16. The first-order valence-corrected chi connectivity index (χ1v) is 9.87. The molecule has 0 saturated carbocycles. The molecular weight excluding hydrogens is 380 g/mol. The Morgan fingerprint density at radius 1 is 1.14 bits per heavy atom. The monoisotopic (exact) mass is 404 g/mol. The van der Waals surface area contributed by atoms with Gasteiger partial charge in [0.25, 0.3) is 0 Å². The normalized spacial score (nSPS) is 11.0. The van der Waals surface area contributed by atoms with Crippen LogP contribution < -0.4 is 14.7 Å². The van der Waals surface area contributed by atoms with Crippen LogP contribution in [-0.2, 0) is 10.1 Å². The van der Waals surface area contributed by atoms with E-state index >= 15 is 0 Å². The highest BCUT2D eigenvalue weighted by molar-refractivity contribution is 7.87. The van der Waals surface area contributed by atoms with Gasteiger partial charge in [-0.2, -0.15) is 13.5 Å². The quantitative estimate of drug-likeness (QED) is 0.302. The Hall–Kier alpha value is -3.07. The lowest BCUT2D eigenvalue weighted by molar-refractivity contribution is 0.271. The van der Waals surface area contributed by atoms with E-state index in [-0.39, 0.29) is 29.8 Å². The Kier molecular flexibility index (Phi) is 6.63. The molecule has 0 saturated heterocycles. The summed E-state index contributed by atoms with van der Waals surface area (Å²) >= 11 is 0. The van der Waals surface area contributed by atoms with E-state index in [9.17, 15) is 8.42 Å². The van der Waals surface area contributed by atoms with E-state index in [1.54, 1.807) is 38.1 Å². The van der Waals surface area contributed by atoms with E-state index in [4.69, 9.17) is 20.1 Å². The molecule has 8 nitrogen and oxygen atoms in total. The Labute approximate surface area is 165 Å². The van der Waals surface area contributed by atoms with Gasteiger partial charge in [-0.25, -0.2) is 5.01 Å². The van der Waals surface area contributed by atoms with Crippen molar-refractivity contribution in [1.82, 2.24) is 5.01 Å². The van der Waals surface area contributed by atoms with Crippen molar-refractivity contribution in [3.63, 3.8) is 0 Å². The number of guanidine groups is 1. The third kappa shape index (κ3) is 5.46. The number of nitrogens with one attached hydrogen (secondary N) is 1. The summed E-state index contributed by atoms with van der Waals surface area (Å²) in [5.41, 5.74) is 7.56. The first kappa shape index (κ1) is 21.2. The molecule has 0 amide bonds. The molecule has 28 heavy (non-hydrogen) atoms. The minimum atomic E-state index is -3.98. The summed E-state index contributed by atoms with van der Waals surface area (Å²) in [7, 11) is -3.98. The first-order chi connectivity index (χ1) is 13.1. The van der Waals surface area contributed by atoms with E-state index < -0.39 is 10.1 Å². The summed E-state index contributed by atoms with van der Waals surface area (Å²) in [6.45, 7) is 9.07. The van der Waals surface area contributed by atoms with Crippen molar-refractivity contribution in [1.29, 1.82) is 5.41 Å². The van der Waals surface area contributed by atoms with Crippen molar-refractivity contribution in [2.24, 2.45) is 10.8 Å². The highest BCUT2D eigenvalue weighted by atomic mass is 32.2. The lowest BCUT2D eigenvalue weighted by Crippen LogP contribution is -2.34. The highest BCUT2D eigenvalue weighted by Gasteiger charge is 2.20. The van der Waals surface area contributed by atoms with E-state index in [1.165, 1.54) is 11.1 Å². The fraction of sp³-hybridized carbons (Fsp3) is 0.263. The fourth-order valence-corrected chi connectivity index (χ4v) is 3.74. The molecule has 0 aliphatic carbocycles. The van der Waals surface area contributed by atoms with Gasteiger partial charge in [-0.05, 0) is 55.7 Å². The van der Waals surface area contributed by atoms with Crippen molar-refractivity contribution >= 4 is 22.8 Å². The van der Waals surface area contributed by atoms with Crippen molar-refractivity contribution < 1.29 is 17.3 Å². The third-order valence-electron chi connectivity index (χ3n) is 3.86. The zero-order valence-corrected chi connectivity index (χ0v) is 16.9. The maximum Gasteiger partial charge on any atom is 0.339 e. The molecule has 2 aromatic rings. The van der Waals surface area contributed by atoms with Crippen molar-refractivity contribution in [2.75, 3.05) is 13.2 Å². The van der Waals surface area contributed by atoms with Gasteiger partial charge in [-0.3, -0.25) is 5.41 Å². The molecule has 150 valence electrons. The zero-order chi connectivity index (χ0) is 20.9. The second-order valence-corrected chi connectivity index (χ2v) is 7.80. The first-order valence-electron chi connectivity index (χ1n) is 8.47. The van der Waals surface area contributed by atoms with Crippen LogP contribution in [0.1, 0.15) is 16.7 Å². The second kappa shape index (κ2) is 8.75. The molecule has 0 fully saturated rings. The Balaban J connectivity index is 2.17. The average molecular weight is 404 g/mol. The van der Waals surface area contributed by atoms with Crippen molar-refractivity contribution in [2.45, 2.75) is 25.7 Å². The molecule has 0 radical (unpaired) electrons. The number of hydrazone groups is 1. The van der Waals surface area contributed by atoms with Gasteiger partial charge in [-0.15, -0.1) is 0 Å². The molecule has 9 heteroatoms. The number of aryl methyl sites for hydroxylation is 3. The van der Waals surface area contributed by atoms with Gasteiger partial charge in [0.1, 0.15) is 23.0 Å². The molecule has 0 aromatic heterocycles. The van der Waals surface area contributed by atoms with E-state index in [0.29, 0.717) is 11.3 Å².